The Labute approximate surface area is 198 Å². The van der Waals surface area contributed by atoms with Gasteiger partial charge >= 0.3 is 0 Å². The van der Waals surface area contributed by atoms with E-state index in [1.807, 2.05) is 0 Å². The molecular weight excluding hydrogens is 376 g/mol. The molecule has 0 bridgehead atoms. The molecule has 0 atom stereocenters. The second-order valence-corrected chi connectivity index (χ2v) is 10.4. The first kappa shape index (κ1) is 31.0. The van der Waals surface area contributed by atoms with Crippen molar-refractivity contribution in [2.45, 2.75) is 181 Å². The summed E-state index contributed by atoms with van der Waals surface area (Å²) in [7, 11) is 0. The zero-order valence-corrected chi connectivity index (χ0v) is 22.1. The summed E-state index contributed by atoms with van der Waals surface area (Å²) < 4.78 is 0. The number of hydrogen-bond donors (Lipinski definition) is 0. The molecule has 0 aromatic carbocycles. The highest BCUT2D eigenvalue weighted by atomic mass is 16.3. The minimum absolute atomic E-state index is 0.163. The largest absolute Gasteiger partial charge is 0.236 e. The van der Waals surface area contributed by atoms with Gasteiger partial charge in [0.1, 0.15) is 0 Å². The van der Waals surface area contributed by atoms with Crippen LogP contribution in [-0.2, 0) is 5.11 Å². The van der Waals surface area contributed by atoms with Gasteiger partial charge in [-0.05, 0) is 18.8 Å². The summed E-state index contributed by atoms with van der Waals surface area (Å²) in [5.41, 5.74) is 0. The molecule has 31 heavy (non-hydrogen) atoms. The Kier molecular flexibility index (Phi) is 28.0. The summed E-state index contributed by atoms with van der Waals surface area (Å²) >= 11 is 0. The summed E-state index contributed by atoms with van der Waals surface area (Å²) in [6.07, 6.45) is 36.1. The molecule has 0 N–H and O–H groups in total. The number of hydrogen-bond acceptors (Lipinski definition) is 0. The van der Waals surface area contributed by atoms with Crippen molar-refractivity contribution in [2.75, 3.05) is 6.61 Å². The third-order valence-electron chi connectivity index (χ3n) is 7.17. The van der Waals surface area contributed by atoms with Gasteiger partial charge in [-0.1, -0.05) is 168 Å². The molecule has 0 saturated heterocycles. The van der Waals surface area contributed by atoms with Crippen molar-refractivity contribution in [3.63, 3.8) is 0 Å². The molecule has 0 amide bonds. The van der Waals surface area contributed by atoms with Crippen molar-refractivity contribution in [1.29, 1.82) is 0 Å². The van der Waals surface area contributed by atoms with Crippen LogP contribution in [0.2, 0.25) is 0 Å². The van der Waals surface area contributed by atoms with E-state index >= 15 is 0 Å². The summed E-state index contributed by atoms with van der Waals surface area (Å²) in [4.78, 5) is 0. The second-order valence-electron chi connectivity index (χ2n) is 10.4. The van der Waals surface area contributed by atoms with Crippen LogP contribution in [0.15, 0.2) is 0 Å². The Morgan fingerprint density at radius 1 is 0.355 bits per heavy atom. The maximum absolute atomic E-state index is 11.5. The van der Waals surface area contributed by atoms with E-state index in [0.717, 1.165) is 0 Å². The normalized spacial score (nSPS) is 11.6. The predicted molar refractivity (Wildman–Crippen MR) is 140 cm³/mol. The Morgan fingerprint density at radius 3 is 0.806 bits per heavy atom. The van der Waals surface area contributed by atoms with Crippen LogP contribution in [0.5, 0.6) is 0 Å². The Balaban J connectivity index is 3.26. The van der Waals surface area contributed by atoms with Crippen molar-refractivity contribution in [2.24, 2.45) is 5.92 Å². The minimum Gasteiger partial charge on any atom is -0.236 e. The molecule has 0 spiro atoms. The zero-order chi connectivity index (χ0) is 22.7. The maximum Gasteiger partial charge on any atom is 0.0850 e. The van der Waals surface area contributed by atoms with E-state index in [-0.39, 0.29) is 6.61 Å². The van der Waals surface area contributed by atoms with E-state index in [1.54, 1.807) is 0 Å². The van der Waals surface area contributed by atoms with Gasteiger partial charge in [0.25, 0.3) is 0 Å². The van der Waals surface area contributed by atoms with Crippen molar-refractivity contribution in [1.82, 2.24) is 0 Å². The Hall–Kier alpha value is -0.0400. The summed E-state index contributed by atoms with van der Waals surface area (Å²) in [5.74, 6) is 0.464. The molecule has 0 heterocycles. The first-order valence-electron chi connectivity index (χ1n) is 14.9. The fraction of sp³-hybridized carbons (Fsp3) is 1.00. The molecule has 0 aliphatic rings. The molecule has 0 aromatic rings. The smallest absolute Gasteiger partial charge is 0.0850 e. The molecule has 0 saturated carbocycles. The summed E-state index contributed by atoms with van der Waals surface area (Å²) in [6, 6.07) is 0. The molecule has 1 nitrogen and oxygen atoms in total. The van der Waals surface area contributed by atoms with Crippen LogP contribution >= 0.6 is 0 Å². The van der Waals surface area contributed by atoms with Crippen molar-refractivity contribution in [3.05, 3.63) is 0 Å². The predicted octanol–water partition coefficient (Wildman–Crippen LogP) is 11.2. The lowest BCUT2D eigenvalue weighted by atomic mass is 9.94. The SMILES string of the molecule is CCCCCCCCCCCCCCC(C[O])CCCCCCCCCCCCCC. The highest BCUT2D eigenvalue weighted by molar-refractivity contribution is 4.59. The molecule has 0 rings (SSSR count). The van der Waals surface area contributed by atoms with Crippen molar-refractivity contribution < 1.29 is 5.11 Å². The summed E-state index contributed by atoms with van der Waals surface area (Å²) in [5, 5.41) is 11.5. The molecule has 1 heteroatoms. The van der Waals surface area contributed by atoms with Crippen molar-refractivity contribution in [3.8, 4) is 0 Å². The lowest BCUT2D eigenvalue weighted by molar-refractivity contribution is 0.130. The molecule has 1 radical (unpaired) electrons. The molecular formula is C30H61O. The van der Waals surface area contributed by atoms with Crippen LogP contribution in [0, 0.1) is 5.92 Å². The fourth-order valence-corrected chi connectivity index (χ4v) is 4.86. The molecule has 0 unspecified atom stereocenters. The average molecular weight is 438 g/mol. The van der Waals surface area contributed by atoms with E-state index in [2.05, 4.69) is 13.8 Å². The van der Waals surface area contributed by atoms with E-state index in [9.17, 15) is 5.11 Å². The van der Waals surface area contributed by atoms with Gasteiger partial charge in [0.05, 0.1) is 6.61 Å². The van der Waals surface area contributed by atoms with Crippen LogP contribution in [0.1, 0.15) is 181 Å². The van der Waals surface area contributed by atoms with Gasteiger partial charge in [-0.2, -0.15) is 0 Å². The molecule has 0 fully saturated rings. The third-order valence-corrected chi connectivity index (χ3v) is 7.17. The third kappa shape index (κ3) is 26.1. The Bertz CT molecular complexity index is 273. The van der Waals surface area contributed by atoms with Crippen LogP contribution < -0.4 is 0 Å². The molecule has 0 aliphatic heterocycles. The monoisotopic (exact) mass is 437 g/mol. The lowest BCUT2D eigenvalue weighted by Crippen LogP contribution is -2.05. The van der Waals surface area contributed by atoms with Gasteiger partial charge in [0.15, 0.2) is 0 Å². The summed E-state index contributed by atoms with van der Waals surface area (Å²) in [6.45, 7) is 4.74. The second kappa shape index (κ2) is 28.0. The standard InChI is InChI=1S/C30H61O/c1-3-5-7-9-11-13-15-17-19-21-23-25-27-30(29-31)28-26-24-22-20-18-16-14-12-10-8-6-4-2/h30H,3-29H2,1-2H3. The number of rotatable bonds is 27. The van der Waals surface area contributed by atoms with Crippen LogP contribution in [0.25, 0.3) is 0 Å². The maximum atomic E-state index is 11.5. The first-order chi connectivity index (χ1) is 15.3. The van der Waals surface area contributed by atoms with E-state index in [1.165, 1.54) is 167 Å². The van der Waals surface area contributed by atoms with Crippen LogP contribution in [0.4, 0.5) is 0 Å². The number of unbranched alkanes of at least 4 members (excludes halogenated alkanes) is 22. The van der Waals surface area contributed by atoms with Crippen molar-refractivity contribution >= 4 is 0 Å². The highest BCUT2D eigenvalue weighted by Gasteiger charge is 2.07. The van der Waals surface area contributed by atoms with E-state index in [0.29, 0.717) is 5.92 Å². The molecule has 0 aromatic heterocycles. The van der Waals surface area contributed by atoms with Gasteiger partial charge in [-0.3, -0.25) is 0 Å². The zero-order valence-electron chi connectivity index (χ0n) is 22.1. The topological polar surface area (TPSA) is 19.9 Å². The quantitative estimate of drug-likeness (QED) is 0.114. The molecule has 0 aliphatic carbocycles. The lowest BCUT2D eigenvalue weighted by Gasteiger charge is -2.13. The van der Waals surface area contributed by atoms with Gasteiger partial charge in [-0.15, -0.1) is 0 Å². The van der Waals surface area contributed by atoms with Gasteiger partial charge in [-0.25, -0.2) is 5.11 Å². The van der Waals surface area contributed by atoms with Crippen LogP contribution in [-0.4, -0.2) is 6.61 Å². The van der Waals surface area contributed by atoms with E-state index in [4.69, 9.17) is 0 Å². The van der Waals surface area contributed by atoms with E-state index < -0.39 is 0 Å². The van der Waals surface area contributed by atoms with Gasteiger partial charge < -0.3 is 0 Å². The molecule has 187 valence electrons. The average Bonchev–Trinajstić information content (AvgIpc) is 2.79. The first-order valence-corrected chi connectivity index (χ1v) is 14.9. The van der Waals surface area contributed by atoms with Crippen LogP contribution in [0.3, 0.4) is 0 Å². The van der Waals surface area contributed by atoms with Gasteiger partial charge in [0.2, 0.25) is 0 Å². The van der Waals surface area contributed by atoms with Gasteiger partial charge in [0, 0.05) is 0 Å². The Morgan fingerprint density at radius 2 is 0.581 bits per heavy atom. The highest BCUT2D eigenvalue weighted by Crippen LogP contribution is 2.20. The minimum atomic E-state index is 0.163. The fourth-order valence-electron chi connectivity index (χ4n) is 4.86.